The lowest BCUT2D eigenvalue weighted by atomic mass is 10.2. The number of hydrogen-bond donors (Lipinski definition) is 1. The van der Waals surface area contributed by atoms with Crippen molar-refractivity contribution in [2.24, 2.45) is 0 Å². The van der Waals surface area contributed by atoms with Gasteiger partial charge in [-0.05, 0) is 23.8 Å². The predicted molar refractivity (Wildman–Crippen MR) is 64.2 cm³/mol. The van der Waals surface area contributed by atoms with E-state index in [2.05, 4.69) is 16.9 Å². The molecule has 0 saturated carbocycles. The summed E-state index contributed by atoms with van der Waals surface area (Å²) in [5.41, 5.74) is 1.54. The highest BCUT2D eigenvalue weighted by Gasteiger charge is 2.09. The van der Waals surface area contributed by atoms with E-state index in [1.807, 2.05) is 31.2 Å². The molecule has 0 amide bonds. The maximum atomic E-state index is 9.48. The fourth-order valence-corrected chi connectivity index (χ4v) is 1.48. The lowest BCUT2D eigenvalue weighted by Gasteiger charge is -2.10. The van der Waals surface area contributed by atoms with E-state index in [0.717, 1.165) is 11.0 Å². The number of aliphatic hydroxyl groups is 1. The van der Waals surface area contributed by atoms with Crippen molar-refractivity contribution in [1.82, 2.24) is 15.2 Å². The van der Waals surface area contributed by atoms with Crippen LogP contribution in [0.5, 0.6) is 0 Å². The van der Waals surface area contributed by atoms with Gasteiger partial charge in [0.05, 0.1) is 6.10 Å². The highest BCUT2D eigenvalue weighted by Crippen LogP contribution is 2.11. The average Bonchev–Trinajstić information content (AvgIpc) is 2.72. The predicted octanol–water partition coefficient (Wildman–Crippen LogP) is 1.53. The molecule has 1 heterocycles. The van der Waals surface area contributed by atoms with Crippen molar-refractivity contribution in [3.8, 4) is 0 Å². The summed E-state index contributed by atoms with van der Waals surface area (Å²) < 4.78 is 0. The Morgan fingerprint density at radius 3 is 3.06 bits per heavy atom. The summed E-state index contributed by atoms with van der Waals surface area (Å²) in [6, 6.07) is 7.48. The van der Waals surface area contributed by atoms with E-state index in [1.165, 1.54) is 4.85 Å². The fraction of sp³-hybridized carbons (Fsp3) is 0.333. The molecule has 0 fully saturated rings. The maximum absolute atomic E-state index is 9.48. The van der Waals surface area contributed by atoms with Crippen LogP contribution in [0.3, 0.4) is 0 Å². The van der Waals surface area contributed by atoms with Gasteiger partial charge in [-0.2, -0.15) is 0 Å². The Balaban J connectivity index is 2.11. The zero-order valence-electron chi connectivity index (χ0n) is 9.71. The molecular weight excluding hydrogens is 218 g/mol. The Morgan fingerprint density at radius 1 is 1.53 bits per heavy atom. The van der Waals surface area contributed by atoms with Gasteiger partial charge in [-0.1, -0.05) is 30.5 Å². The van der Waals surface area contributed by atoms with Crippen LogP contribution >= 0.6 is 0 Å². The third kappa shape index (κ3) is 2.62. The van der Waals surface area contributed by atoms with Crippen molar-refractivity contribution < 1.29 is 9.94 Å². The van der Waals surface area contributed by atoms with Crippen LogP contribution in [-0.2, 0) is 0 Å². The lowest BCUT2D eigenvalue weighted by Crippen LogP contribution is -2.16. The lowest BCUT2D eigenvalue weighted by molar-refractivity contribution is 0.105. The van der Waals surface area contributed by atoms with Crippen molar-refractivity contribution in [2.45, 2.75) is 25.9 Å². The van der Waals surface area contributed by atoms with E-state index in [0.29, 0.717) is 18.6 Å². The molecular formula is C12H15N3O2. The summed E-state index contributed by atoms with van der Waals surface area (Å²) in [7, 11) is 0. The number of para-hydroxylation sites is 1. The Hall–Kier alpha value is -1.88. The summed E-state index contributed by atoms with van der Waals surface area (Å²) in [4.78, 5) is 6.75. The topological polar surface area (TPSA) is 60.2 Å². The summed E-state index contributed by atoms with van der Waals surface area (Å²) >= 11 is 0. The number of rotatable bonds is 5. The van der Waals surface area contributed by atoms with Gasteiger partial charge >= 0.3 is 0 Å². The Bertz CT molecular complexity index is 521. The highest BCUT2D eigenvalue weighted by molar-refractivity contribution is 5.73. The van der Waals surface area contributed by atoms with E-state index >= 15 is 0 Å². The van der Waals surface area contributed by atoms with Crippen LogP contribution in [0.4, 0.5) is 0 Å². The van der Waals surface area contributed by atoms with E-state index in [1.54, 1.807) is 0 Å². The first kappa shape index (κ1) is 11.6. The standard InChI is InChI=1S/C12H15N3O2/c1-3-10(16)8-9(2)17-15-12-7-5-4-6-11(12)13-14-15/h4-7,10,16H,2-3,8H2,1H3/t10-/m0/s1. The molecule has 0 aliphatic carbocycles. The number of nitrogens with zero attached hydrogens (tertiary/aromatic N) is 3. The molecule has 0 radical (unpaired) electrons. The van der Waals surface area contributed by atoms with Crippen LogP contribution in [0.15, 0.2) is 36.6 Å². The minimum atomic E-state index is -0.433. The number of aliphatic hydroxyl groups excluding tert-OH is 1. The second-order valence-corrected chi connectivity index (χ2v) is 3.85. The Labute approximate surface area is 99.3 Å². The molecule has 1 aromatic heterocycles. The molecule has 0 bridgehead atoms. The monoisotopic (exact) mass is 233 g/mol. The fourth-order valence-electron chi connectivity index (χ4n) is 1.48. The molecule has 0 aliphatic heterocycles. The van der Waals surface area contributed by atoms with Crippen LogP contribution < -0.4 is 4.84 Å². The van der Waals surface area contributed by atoms with Gasteiger partial charge in [0.1, 0.15) is 16.8 Å². The molecule has 0 aliphatic rings. The van der Waals surface area contributed by atoms with Gasteiger partial charge in [0.2, 0.25) is 0 Å². The molecule has 5 heteroatoms. The van der Waals surface area contributed by atoms with Gasteiger partial charge in [-0.3, -0.25) is 0 Å². The number of fused-ring (bicyclic) bond motifs is 1. The summed E-state index contributed by atoms with van der Waals surface area (Å²) in [6.07, 6.45) is 0.628. The van der Waals surface area contributed by atoms with Crippen LogP contribution in [0.2, 0.25) is 0 Å². The second kappa shape index (κ2) is 4.97. The van der Waals surface area contributed by atoms with Gasteiger partial charge in [-0.25, -0.2) is 0 Å². The highest BCUT2D eigenvalue weighted by atomic mass is 16.7. The van der Waals surface area contributed by atoms with Crippen LogP contribution in [0.1, 0.15) is 19.8 Å². The zero-order chi connectivity index (χ0) is 12.3. The van der Waals surface area contributed by atoms with E-state index in [9.17, 15) is 5.11 Å². The molecule has 17 heavy (non-hydrogen) atoms. The van der Waals surface area contributed by atoms with Gasteiger partial charge in [0, 0.05) is 6.42 Å². The van der Waals surface area contributed by atoms with Crippen LogP contribution in [0, 0.1) is 0 Å². The number of benzene rings is 1. The van der Waals surface area contributed by atoms with Crippen molar-refractivity contribution in [3.05, 3.63) is 36.6 Å². The third-order valence-corrected chi connectivity index (χ3v) is 2.47. The maximum Gasteiger partial charge on any atom is 0.131 e. The molecule has 0 saturated heterocycles. The molecule has 1 N–H and O–H groups in total. The minimum Gasteiger partial charge on any atom is -0.393 e. The molecule has 2 rings (SSSR count). The van der Waals surface area contributed by atoms with E-state index < -0.39 is 6.10 Å². The minimum absolute atomic E-state index is 0.394. The normalized spacial score (nSPS) is 12.6. The summed E-state index contributed by atoms with van der Waals surface area (Å²) in [5, 5.41) is 17.3. The SMILES string of the molecule is C=C(C[C@@H](O)CC)On1nnc2ccccc21. The Kier molecular flexibility index (Phi) is 3.39. The smallest absolute Gasteiger partial charge is 0.131 e. The van der Waals surface area contributed by atoms with Gasteiger partial charge in [0.15, 0.2) is 0 Å². The molecule has 1 atom stereocenters. The molecule has 90 valence electrons. The number of hydrogen-bond acceptors (Lipinski definition) is 4. The summed E-state index contributed by atoms with van der Waals surface area (Å²) in [5.74, 6) is 0.468. The van der Waals surface area contributed by atoms with Crippen molar-refractivity contribution in [3.63, 3.8) is 0 Å². The van der Waals surface area contributed by atoms with Crippen molar-refractivity contribution >= 4 is 11.0 Å². The van der Waals surface area contributed by atoms with Gasteiger partial charge in [0.25, 0.3) is 0 Å². The quantitative estimate of drug-likeness (QED) is 0.796. The number of aromatic nitrogens is 3. The summed E-state index contributed by atoms with van der Waals surface area (Å²) in [6.45, 7) is 5.66. The molecule has 1 aromatic carbocycles. The van der Waals surface area contributed by atoms with Gasteiger partial charge in [-0.15, -0.1) is 5.10 Å². The van der Waals surface area contributed by atoms with Crippen molar-refractivity contribution in [2.75, 3.05) is 0 Å². The second-order valence-electron chi connectivity index (χ2n) is 3.85. The third-order valence-electron chi connectivity index (χ3n) is 2.47. The first-order valence-electron chi connectivity index (χ1n) is 5.55. The van der Waals surface area contributed by atoms with Crippen LogP contribution in [-0.4, -0.2) is 26.4 Å². The van der Waals surface area contributed by atoms with E-state index in [4.69, 9.17) is 4.84 Å². The van der Waals surface area contributed by atoms with E-state index in [-0.39, 0.29) is 0 Å². The molecule has 5 nitrogen and oxygen atoms in total. The molecule has 0 spiro atoms. The zero-order valence-corrected chi connectivity index (χ0v) is 9.71. The first-order valence-corrected chi connectivity index (χ1v) is 5.55. The first-order chi connectivity index (χ1) is 8.20. The van der Waals surface area contributed by atoms with Crippen molar-refractivity contribution in [1.29, 1.82) is 0 Å². The molecule has 2 aromatic rings. The van der Waals surface area contributed by atoms with Gasteiger partial charge < -0.3 is 9.94 Å². The molecule has 0 unspecified atom stereocenters. The largest absolute Gasteiger partial charge is 0.393 e. The Morgan fingerprint density at radius 2 is 2.29 bits per heavy atom. The average molecular weight is 233 g/mol. The van der Waals surface area contributed by atoms with Crippen LogP contribution in [0.25, 0.3) is 11.0 Å².